The zero-order valence-electron chi connectivity index (χ0n) is 15.7. The number of amides is 2. The second-order valence-corrected chi connectivity index (χ2v) is 7.23. The van der Waals surface area contributed by atoms with Crippen LogP contribution in [0.3, 0.4) is 0 Å². The van der Waals surface area contributed by atoms with Crippen LogP contribution in [-0.2, 0) is 18.6 Å². The van der Waals surface area contributed by atoms with Crippen molar-refractivity contribution in [3.05, 3.63) is 65.9 Å². The maximum atomic E-state index is 12.1. The molecule has 3 N–H and O–H groups in total. The molecule has 0 radical (unpaired) electrons. The van der Waals surface area contributed by atoms with Crippen LogP contribution in [0.1, 0.15) is 37.9 Å². The van der Waals surface area contributed by atoms with Gasteiger partial charge in [0.15, 0.2) is 0 Å². The average molecular weight is 368 g/mol. The summed E-state index contributed by atoms with van der Waals surface area (Å²) in [7, 11) is 0. The Hall–Kier alpha value is -3.22. The van der Waals surface area contributed by atoms with Gasteiger partial charge in [0.2, 0.25) is 0 Å². The van der Waals surface area contributed by atoms with Gasteiger partial charge in [0, 0.05) is 11.1 Å². The minimum atomic E-state index is -0.286. The van der Waals surface area contributed by atoms with E-state index in [1.807, 2.05) is 18.2 Å². The van der Waals surface area contributed by atoms with E-state index in [0.717, 1.165) is 17.1 Å². The summed E-state index contributed by atoms with van der Waals surface area (Å²) in [5.74, 6) is 1.45. The molecule has 0 saturated heterocycles. The zero-order valence-corrected chi connectivity index (χ0v) is 15.7. The van der Waals surface area contributed by atoms with Gasteiger partial charge >= 0.3 is 6.03 Å². The van der Waals surface area contributed by atoms with Crippen LogP contribution in [0.15, 0.2) is 53.1 Å². The summed E-state index contributed by atoms with van der Waals surface area (Å²) in [4.78, 5) is 12.1. The van der Waals surface area contributed by atoms with E-state index >= 15 is 0 Å². The molecule has 27 heavy (non-hydrogen) atoms. The number of benzene rings is 1. The first-order chi connectivity index (χ1) is 12.9. The van der Waals surface area contributed by atoms with Crippen molar-refractivity contribution in [2.75, 3.05) is 5.32 Å². The molecule has 7 heteroatoms. The largest absolute Gasteiger partial charge is 0.486 e. The molecule has 0 aliphatic heterocycles. The lowest BCUT2D eigenvalue weighted by Gasteiger charge is -2.13. The third-order valence-corrected chi connectivity index (χ3v) is 3.91. The van der Waals surface area contributed by atoms with Gasteiger partial charge in [0.1, 0.15) is 18.1 Å². The van der Waals surface area contributed by atoms with Crippen LogP contribution in [0.5, 0.6) is 5.75 Å². The van der Waals surface area contributed by atoms with E-state index in [1.165, 1.54) is 0 Å². The van der Waals surface area contributed by atoms with Crippen LogP contribution in [0.2, 0.25) is 0 Å². The maximum Gasteiger partial charge on any atom is 0.319 e. The number of hydrogen-bond acceptors (Lipinski definition) is 4. The van der Waals surface area contributed by atoms with Crippen molar-refractivity contribution in [3.63, 3.8) is 0 Å². The van der Waals surface area contributed by atoms with E-state index in [1.54, 1.807) is 30.5 Å². The first kappa shape index (κ1) is 18.6. The summed E-state index contributed by atoms with van der Waals surface area (Å²) >= 11 is 0. The van der Waals surface area contributed by atoms with Crippen molar-refractivity contribution in [2.24, 2.45) is 0 Å². The number of hydrogen-bond donors (Lipinski definition) is 3. The Morgan fingerprint density at radius 1 is 1.22 bits per heavy atom. The highest BCUT2D eigenvalue weighted by Gasteiger charge is 2.17. The minimum absolute atomic E-state index is 0.0300. The van der Waals surface area contributed by atoms with Crippen LogP contribution in [0.4, 0.5) is 10.5 Å². The Morgan fingerprint density at radius 2 is 2.00 bits per heavy atom. The fraction of sp³-hybridized carbons (Fsp3) is 0.300. The third-order valence-electron chi connectivity index (χ3n) is 3.91. The minimum Gasteiger partial charge on any atom is -0.486 e. The van der Waals surface area contributed by atoms with E-state index in [-0.39, 0.29) is 11.4 Å². The predicted molar refractivity (Wildman–Crippen MR) is 103 cm³/mol. The number of aromatic nitrogens is 2. The number of nitrogens with zero attached hydrogens (tertiary/aromatic N) is 1. The molecule has 2 aromatic heterocycles. The van der Waals surface area contributed by atoms with Gasteiger partial charge in [-0.1, -0.05) is 20.8 Å². The fourth-order valence-corrected chi connectivity index (χ4v) is 2.37. The Morgan fingerprint density at radius 3 is 2.63 bits per heavy atom. The molecule has 2 amide bonds. The van der Waals surface area contributed by atoms with Crippen molar-refractivity contribution in [2.45, 2.75) is 39.3 Å². The van der Waals surface area contributed by atoms with Gasteiger partial charge in [0.05, 0.1) is 24.2 Å². The molecule has 142 valence electrons. The molecular formula is C20H24N4O3. The van der Waals surface area contributed by atoms with Gasteiger partial charge < -0.3 is 19.8 Å². The van der Waals surface area contributed by atoms with E-state index in [4.69, 9.17) is 9.15 Å². The normalized spacial score (nSPS) is 11.2. The number of ether oxygens (including phenoxy) is 1. The molecule has 0 aliphatic carbocycles. The highest BCUT2D eigenvalue weighted by atomic mass is 16.5. The number of H-pyrrole nitrogens is 1. The van der Waals surface area contributed by atoms with E-state index in [9.17, 15) is 4.79 Å². The Bertz CT molecular complexity index is 862. The van der Waals surface area contributed by atoms with Gasteiger partial charge in [0.25, 0.3) is 0 Å². The molecule has 3 rings (SSSR count). The number of rotatable bonds is 6. The van der Waals surface area contributed by atoms with E-state index in [0.29, 0.717) is 24.6 Å². The van der Waals surface area contributed by atoms with E-state index in [2.05, 4.69) is 41.6 Å². The summed E-state index contributed by atoms with van der Waals surface area (Å²) in [6, 6.07) is 12.5. The SMILES string of the molecule is CC(C)(C)c1cc(CNC(=O)Nc2ccc(OCc3ccco3)cc2)[nH]n1. The highest BCUT2D eigenvalue weighted by molar-refractivity contribution is 5.89. The number of nitrogens with one attached hydrogen (secondary N) is 3. The molecule has 0 fully saturated rings. The molecule has 0 spiro atoms. The van der Waals surface area contributed by atoms with Gasteiger partial charge in [-0.3, -0.25) is 5.10 Å². The summed E-state index contributed by atoms with van der Waals surface area (Å²) < 4.78 is 10.8. The van der Waals surface area contributed by atoms with Crippen LogP contribution >= 0.6 is 0 Å². The second kappa shape index (κ2) is 7.99. The van der Waals surface area contributed by atoms with E-state index < -0.39 is 0 Å². The van der Waals surface area contributed by atoms with Gasteiger partial charge in [-0.25, -0.2) is 4.79 Å². The highest BCUT2D eigenvalue weighted by Crippen LogP contribution is 2.20. The van der Waals surface area contributed by atoms with Crippen LogP contribution in [-0.4, -0.2) is 16.2 Å². The molecule has 0 bridgehead atoms. The smallest absolute Gasteiger partial charge is 0.319 e. The van der Waals surface area contributed by atoms with Gasteiger partial charge in [-0.05, 0) is 42.5 Å². The van der Waals surface area contributed by atoms with Crippen LogP contribution < -0.4 is 15.4 Å². The Kier molecular flexibility index (Phi) is 5.49. The molecule has 7 nitrogen and oxygen atoms in total. The van der Waals surface area contributed by atoms with Crippen molar-refractivity contribution in [1.29, 1.82) is 0 Å². The topological polar surface area (TPSA) is 92.2 Å². The number of furan rings is 1. The number of carbonyl (C=O) groups is 1. The standard InChI is InChI=1S/C20H24N4O3/c1-20(2,3)18-11-15(23-24-18)12-21-19(25)22-14-6-8-16(9-7-14)27-13-17-5-4-10-26-17/h4-11H,12-13H2,1-3H3,(H,23,24)(H2,21,22,25). The monoisotopic (exact) mass is 368 g/mol. The molecule has 0 atom stereocenters. The number of carbonyl (C=O) groups excluding carboxylic acids is 1. The quantitative estimate of drug-likeness (QED) is 0.608. The molecule has 3 aromatic rings. The molecule has 0 unspecified atom stereocenters. The lowest BCUT2D eigenvalue weighted by atomic mass is 9.92. The van der Waals surface area contributed by atoms with Gasteiger partial charge in [-0.2, -0.15) is 5.10 Å². The molecule has 0 saturated carbocycles. The molecular weight excluding hydrogens is 344 g/mol. The van der Waals surface area contributed by atoms with Crippen molar-refractivity contribution in [1.82, 2.24) is 15.5 Å². The summed E-state index contributed by atoms with van der Waals surface area (Å²) in [5.41, 5.74) is 2.47. The predicted octanol–water partition coefficient (Wildman–Crippen LogP) is 4.20. The van der Waals surface area contributed by atoms with Crippen molar-refractivity contribution >= 4 is 11.7 Å². The fourth-order valence-electron chi connectivity index (χ4n) is 2.37. The Labute approximate surface area is 158 Å². The van der Waals surface area contributed by atoms with Crippen molar-refractivity contribution in [3.8, 4) is 5.75 Å². The van der Waals surface area contributed by atoms with Crippen LogP contribution in [0, 0.1) is 0 Å². The zero-order chi connectivity index (χ0) is 19.3. The van der Waals surface area contributed by atoms with Crippen LogP contribution in [0.25, 0.3) is 0 Å². The lowest BCUT2D eigenvalue weighted by molar-refractivity contribution is 0.251. The Balaban J connectivity index is 1.45. The second-order valence-electron chi connectivity index (χ2n) is 7.23. The third kappa shape index (κ3) is 5.37. The maximum absolute atomic E-state index is 12.1. The number of aromatic amines is 1. The summed E-state index contributed by atoms with van der Waals surface area (Å²) in [6.07, 6.45) is 1.61. The summed E-state index contributed by atoms with van der Waals surface area (Å²) in [6.45, 7) is 7.01. The molecule has 1 aromatic carbocycles. The number of urea groups is 1. The lowest BCUT2D eigenvalue weighted by Crippen LogP contribution is -2.28. The molecule has 2 heterocycles. The molecule has 0 aliphatic rings. The van der Waals surface area contributed by atoms with Crippen molar-refractivity contribution < 1.29 is 13.9 Å². The first-order valence-electron chi connectivity index (χ1n) is 8.75. The average Bonchev–Trinajstić information content (AvgIpc) is 3.31. The number of anilines is 1. The summed E-state index contributed by atoms with van der Waals surface area (Å²) in [5, 5.41) is 12.8. The first-order valence-corrected chi connectivity index (χ1v) is 8.75. The van der Waals surface area contributed by atoms with Gasteiger partial charge in [-0.15, -0.1) is 0 Å².